The van der Waals surface area contributed by atoms with Crippen LogP contribution < -0.4 is 20.4 Å². The van der Waals surface area contributed by atoms with Gasteiger partial charge in [0.15, 0.2) is 17.4 Å². The molecule has 1 unspecified atom stereocenters. The third-order valence-electron chi connectivity index (χ3n) is 5.94. The van der Waals surface area contributed by atoms with Gasteiger partial charge in [-0.25, -0.2) is 18.4 Å². The Morgan fingerprint density at radius 2 is 1.81 bits per heavy atom. The summed E-state index contributed by atoms with van der Waals surface area (Å²) in [6.45, 7) is 0.452. The van der Waals surface area contributed by atoms with E-state index in [1.165, 1.54) is 29.2 Å². The fourth-order valence-electron chi connectivity index (χ4n) is 4.06. The lowest BCUT2D eigenvalue weighted by Gasteiger charge is -2.36. The third-order valence-corrected chi connectivity index (χ3v) is 5.94. The number of ether oxygens (including phenoxy) is 2. The molecule has 12 nitrogen and oxygen atoms in total. The van der Waals surface area contributed by atoms with Crippen molar-refractivity contribution in [2.75, 3.05) is 62.7 Å². The van der Waals surface area contributed by atoms with E-state index in [-0.39, 0.29) is 68.9 Å². The van der Waals surface area contributed by atoms with Crippen LogP contribution in [0.4, 0.5) is 29.7 Å². The fraction of sp³-hybridized carbons (Fsp3) is 0.391. The molecule has 0 aliphatic carbocycles. The molecular formula is C23H25F2N5O7. The number of amides is 4. The number of alkyl carbamates (subject to hydrolysis) is 1. The summed E-state index contributed by atoms with van der Waals surface area (Å²) in [6.07, 6.45) is -0.864. The lowest BCUT2D eigenvalue weighted by atomic mass is 10.2. The van der Waals surface area contributed by atoms with Crippen molar-refractivity contribution in [3.63, 3.8) is 0 Å². The predicted molar refractivity (Wildman–Crippen MR) is 124 cm³/mol. The van der Waals surface area contributed by atoms with E-state index in [4.69, 9.17) is 9.15 Å². The summed E-state index contributed by atoms with van der Waals surface area (Å²) in [5.41, 5.74) is -0.288. The summed E-state index contributed by atoms with van der Waals surface area (Å²) >= 11 is 0. The predicted octanol–water partition coefficient (Wildman–Crippen LogP) is 1.32. The average molecular weight is 521 g/mol. The standard InChI is InChI=1S/C23H25F2N5O7/c1-35-22(33)27-11-15-13-30(23(34)37-15)14-9-16(24)20(17(25)10-14)29-6-4-28(5-7-29)19(31)12-26-21(32)18-3-2-8-36-18/h2-3,8-10,15H,4-7,11-13H2,1H3,(H,26,32)(H,27,33). The number of carbonyl (C=O) groups is 4. The Hall–Kier alpha value is -4.36. The Labute approximate surface area is 210 Å². The van der Waals surface area contributed by atoms with Gasteiger partial charge in [-0.1, -0.05) is 0 Å². The van der Waals surface area contributed by atoms with Crippen molar-refractivity contribution in [1.29, 1.82) is 0 Å². The van der Waals surface area contributed by atoms with Crippen molar-refractivity contribution in [2.45, 2.75) is 6.10 Å². The van der Waals surface area contributed by atoms with Gasteiger partial charge in [0, 0.05) is 38.3 Å². The van der Waals surface area contributed by atoms with Crippen LogP contribution in [0.3, 0.4) is 0 Å². The average Bonchev–Trinajstić information content (AvgIpc) is 3.55. The van der Waals surface area contributed by atoms with Crippen molar-refractivity contribution in [1.82, 2.24) is 15.5 Å². The van der Waals surface area contributed by atoms with Gasteiger partial charge < -0.3 is 34.3 Å². The van der Waals surface area contributed by atoms with Crippen LogP contribution in [0, 0.1) is 11.6 Å². The van der Waals surface area contributed by atoms with Gasteiger partial charge in [-0.05, 0) is 12.1 Å². The number of rotatable bonds is 7. The Balaban J connectivity index is 1.32. The topological polar surface area (TPSA) is 134 Å². The van der Waals surface area contributed by atoms with E-state index in [1.54, 1.807) is 6.07 Å². The summed E-state index contributed by atoms with van der Waals surface area (Å²) in [4.78, 5) is 51.8. The van der Waals surface area contributed by atoms with Gasteiger partial charge in [-0.2, -0.15) is 0 Å². The molecule has 0 spiro atoms. The summed E-state index contributed by atoms with van der Waals surface area (Å²) in [6, 6.07) is 5.11. The highest BCUT2D eigenvalue weighted by atomic mass is 19.1. The highest BCUT2D eigenvalue weighted by Crippen LogP contribution is 2.31. The first kappa shape index (κ1) is 25.7. The highest BCUT2D eigenvalue weighted by molar-refractivity contribution is 5.94. The number of cyclic esters (lactones) is 1. The first-order valence-electron chi connectivity index (χ1n) is 11.4. The van der Waals surface area contributed by atoms with Gasteiger partial charge in [-0.15, -0.1) is 0 Å². The molecule has 14 heteroatoms. The molecule has 4 rings (SSSR count). The maximum Gasteiger partial charge on any atom is 0.414 e. The van der Waals surface area contributed by atoms with Crippen molar-refractivity contribution in [3.05, 3.63) is 47.9 Å². The fourth-order valence-corrected chi connectivity index (χ4v) is 4.06. The first-order valence-corrected chi connectivity index (χ1v) is 11.4. The molecule has 2 N–H and O–H groups in total. The Kier molecular flexibility index (Phi) is 7.74. The second kappa shape index (κ2) is 11.1. The zero-order valence-corrected chi connectivity index (χ0v) is 19.9. The molecule has 2 saturated heterocycles. The molecule has 37 heavy (non-hydrogen) atoms. The number of methoxy groups -OCH3 is 1. The molecule has 198 valence electrons. The maximum atomic E-state index is 15.0. The van der Waals surface area contributed by atoms with Crippen molar-refractivity contribution < 1.29 is 41.8 Å². The molecule has 2 fully saturated rings. The smallest absolute Gasteiger partial charge is 0.414 e. The van der Waals surface area contributed by atoms with Gasteiger partial charge in [0.2, 0.25) is 5.91 Å². The molecule has 1 aromatic carbocycles. The number of nitrogens with one attached hydrogen (secondary N) is 2. The van der Waals surface area contributed by atoms with E-state index >= 15 is 8.78 Å². The minimum atomic E-state index is -0.871. The second-order valence-electron chi connectivity index (χ2n) is 8.27. The zero-order chi connectivity index (χ0) is 26.5. The molecule has 3 heterocycles. The second-order valence-corrected chi connectivity index (χ2v) is 8.27. The molecule has 2 aliphatic heterocycles. The zero-order valence-electron chi connectivity index (χ0n) is 19.9. The molecule has 0 radical (unpaired) electrons. The number of furan rings is 1. The van der Waals surface area contributed by atoms with Crippen molar-refractivity contribution in [3.8, 4) is 0 Å². The van der Waals surface area contributed by atoms with Crippen LogP contribution >= 0.6 is 0 Å². The third kappa shape index (κ3) is 5.90. The summed E-state index contributed by atoms with van der Waals surface area (Å²) in [5, 5.41) is 4.87. The number of anilines is 2. The number of benzene rings is 1. The van der Waals surface area contributed by atoms with E-state index in [0.717, 1.165) is 17.0 Å². The van der Waals surface area contributed by atoms with E-state index < -0.39 is 35.8 Å². The first-order chi connectivity index (χ1) is 17.8. The van der Waals surface area contributed by atoms with Crippen LogP contribution in [0.2, 0.25) is 0 Å². The Morgan fingerprint density at radius 1 is 1.11 bits per heavy atom. The largest absolute Gasteiger partial charge is 0.459 e. The number of hydrogen-bond acceptors (Lipinski definition) is 8. The van der Waals surface area contributed by atoms with Gasteiger partial charge in [0.25, 0.3) is 5.91 Å². The summed E-state index contributed by atoms with van der Waals surface area (Å²) < 4.78 is 44.6. The number of carbonyl (C=O) groups excluding carboxylic acids is 4. The van der Waals surface area contributed by atoms with Gasteiger partial charge >= 0.3 is 12.2 Å². The minimum absolute atomic E-state index is 0.0156. The Morgan fingerprint density at radius 3 is 2.43 bits per heavy atom. The summed E-state index contributed by atoms with van der Waals surface area (Å²) in [5.74, 6) is -2.51. The van der Waals surface area contributed by atoms with E-state index in [9.17, 15) is 19.2 Å². The SMILES string of the molecule is COC(=O)NCC1CN(c2cc(F)c(N3CCN(C(=O)CNC(=O)c4ccco4)CC3)c(F)c2)C(=O)O1. The molecule has 0 bridgehead atoms. The van der Waals surface area contributed by atoms with Crippen LogP contribution in [0.25, 0.3) is 0 Å². The molecule has 0 saturated carbocycles. The van der Waals surface area contributed by atoms with Crippen LogP contribution in [0.15, 0.2) is 34.9 Å². The van der Waals surface area contributed by atoms with Gasteiger partial charge in [0.05, 0.1) is 38.7 Å². The van der Waals surface area contributed by atoms with Crippen molar-refractivity contribution >= 4 is 35.4 Å². The van der Waals surface area contributed by atoms with Crippen LogP contribution in [0.5, 0.6) is 0 Å². The maximum absolute atomic E-state index is 15.0. The molecule has 4 amide bonds. The number of halogens is 2. The molecule has 1 atom stereocenters. The number of nitrogens with zero attached hydrogens (tertiary/aromatic N) is 3. The quantitative estimate of drug-likeness (QED) is 0.558. The van der Waals surface area contributed by atoms with Crippen LogP contribution in [-0.2, 0) is 14.3 Å². The molecule has 2 aliphatic rings. The van der Waals surface area contributed by atoms with Crippen LogP contribution in [0.1, 0.15) is 10.6 Å². The van der Waals surface area contributed by atoms with Gasteiger partial charge in [0.1, 0.15) is 11.8 Å². The number of hydrogen-bond donors (Lipinski definition) is 2. The van der Waals surface area contributed by atoms with Gasteiger partial charge in [-0.3, -0.25) is 14.5 Å². The normalized spacial score (nSPS) is 17.4. The minimum Gasteiger partial charge on any atom is -0.459 e. The lowest BCUT2D eigenvalue weighted by Crippen LogP contribution is -2.51. The molecule has 1 aromatic heterocycles. The van der Waals surface area contributed by atoms with E-state index in [1.807, 2.05) is 0 Å². The Bertz CT molecular complexity index is 1150. The van der Waals surface area contributed by atoms with E-state index in [0.29, 0.717) is 0 Å². The van der Waals surface area contributed by atoms with E-state index in [2.05, 4.69) is 15.4 Å². The lowest BCUT2D eigenvalue weighted by molar-refractivity contribution is -0.130. The van der Waals surface area contributed by atoms with Crippen molar-refractivity contribution in [2.24, 2.45) is 0 Å². The molecule has 2 aromatic rings. The summed E-state index contributed by atoms with van der Waals surface area (Å²) in [7, 11) is 1.19. The monoisotopic (exact) mass is 521 g/mol. The van der Waals surface area contributed by atoms with Crippen LogP contribution in [-0.4, -0.2) is 87.9 Å². The molecular weight excluding hydrogens is 496 g/mol. The number of piperazine rings is 1. The highest BCUT2D eigenvalue weighted by Gasteiger charge is 2.34.